The number of anilines is 1. The van der Waals surface area contributed by atoms with Gasteiger partial charge in [0.15, 0.2) is 0 Å². The fraction of sp³-hybridized carbons (Fsp3) is 0.571. The molecule has 0 aromatic heterocycles. The van der Waals surface area contributed by atoms with Crippen LogP contribution >= 0.6 is 0 Å². The molecule has 17 heavy (non-hydrogen) atoms. The van der Waals surface area contributed by atoms with E-state index < -0.39 is 0 Å². The zero-order valence-corrected chi connectivity index (χ0v) is 10.9. The van der Waals surface area contributed by atoms with Crippen molar-refractivity contribution >= 4 is 5.69 Å². The molecule has 0 bridgehead atoms. The number of aryl methyl sites for hydroxylation is 1. The van der Waals surface area contributed by atoms with Gasteiger partial charge in [0, 0.05) is 26.4 Å². The van der Waals surface area contributed by atoms with Gasteiger partial charge in [0.2, 0.25) is 0 Å². The van der Waals surface area contributed by atoms with Crippen LogP contribution in [0.5, 0.6) is 0 Å². The van der Waals surface area contributed by atoms with E-state index in [1.807, 2.05) is 0 Å². The lowest BCUT2D eigenvalue weighted by Crippen LogP contribution is -2.63. The molecule has 2 N–H and O–H groups in total. The molecule has 0 radical (unpaired) electrons. The van der Waals surface area contributed by atoms with E-state index in [1.54, 1.807) is 7.11 Å². The normalized spacial score (nSPS) is 27.6. The molecule has 3 nitrogen and oxygen atoms in total. The SMILES string of the molecule is COC1CC(CN)(N(C)c2ccc(C)cc2)C1. The van der Waals surface area contributed by atoms with Crippen molar-refractivity contribution < 1.29 is 4.74 Å². The molecule has 1 aromatic carbocycles. The summed E-state index contributed by atoms with van der Waals surface area (Å²) in [5, 5.41) is 0. The van der Waals surface area contributed by atoms with Gasteiger partial charge in [0.1, 0.15) is 0 Å². The lowest BCUT2D eigenvalue weighted by Gasteiger charge is -2.53. The summed E-state index contributed by atoms with van der Waals surface area (Å²) >= 11 is 0. The van der Waals surface area contributed by atoms with Crippen molar-refractivity contribution in [3.63, 3.8) is 0 Å². The molecule has 1 saturated carbocycles. The van der Waals surface area contributed by atoms with Crippen LogP contribution in [0.3, 0.4) is 0 Å². The highest BCUT2D eigenvalue weighted by Gasteiger charge is 2.46. The van der Waals surface area contributed by atoms with Gasteiger partial charge >= 0.3 is 0 Å². The molecular weight excluding hydrogens is 212 g/mol. The van der Waals surface area contributed by atoms with E-state index in [4.69, 9.17) is 10.5 Å². The van der Waals surface area contributed by atoms with E-state index in [0.29, 0.717) is 12.6 Å². The number of nitrogens with zero attached hydrogens (tertiary/aromatic N) is 1. The van der Waals surface area contributed by atoms with Crippen LogP contribution < -0.4 is 10.6 Å². The molecule has 0 spiro atoms. The Hall–Kier alpha value is -1.06. The summed E-state index contributed by atoms with van der Waals surface area (Å²) in [6.07, 6.45) is 2.40. The standard InChI is InChI=1S/C14H22N2O/c1-11-4-6-12(7-5-11)16(2)14(10-15)8-13(9-14)17-3/h4-7,13H,8-10,15H2,1-3H3. The van der Waals surface area contributed by atoms with Crippen LogP contribution in [-0.4, -0.2) is 32.3 Å². The molecule has 0 saturated heterocycles. The Balaban J connectivity index is 2.13. The van der Waals surface area contributed by atoms with E-state index in [1.165, 1.54) is 11.3 Å². The Morgan fingerprint density at radius 1 is 1.35 bits per heavy atom. The molecular formula is C14H22N2O. The number of methoxy groups -OCH3 is 1. The number of benzene rings is 1. The topological polar surface area (TPSA) is 38.5 Å². The average molecular weight is 234 g/mol. The maximum atomic E-state index is 5.96. The van der Waals surface area contributed by atoms with Gasteiger partial charge in [-0.2, -0.15) is 0 Å². The van der Waals surface area contributed by atoms with Crippen LogP contribution in [0.4, 0.5) is 5.69 Å². The third-order valence-electron chi connectivity index (χ3n) is 4.06. The molecule has 0 heterocycles. The van der Waals surface area contributed by atoms with Crippen molar-refractivity contribution in [3.05, 3.63) is 29.8 Å². The number of hydrogen-bond acceptors (Lipinski definition) is 3. The minimum absolute atomic E-state index is 0.0793. The first-order valence-electron chi connectivity index (χ1n) is 6.15. The third-order valence-corrected chi connectivity index (χ3v) is 4.06. The number of nitrogens with two attached hydrogens (primary N) is 1. The van der Waals surface area contributed by atoms with Gasteiger partial charge in [-0.05, 0) is 31.9 Å². The van der Waals surface area contributed by atoms with Crippen molar-refractivity contribution in [2.45, 2.75) is 31.4 Å². The lowest BCUT2D eigenvalue weighted by atomic mass is 9.72. The second-order valence-electron chi connectivity index (χ2n) is 5.09. The highest BCUT2D eigenvalue weighted by atomic mass is 16.5. The van der Waals surface area contributed by atoms with Gasteiger partial charge in [-0.3, -0.25) is 0 Å². The fourth-order valence-electron chi connectivity index (χ4n) is 2.57. The van der Waals surface area contributed by atoms with Gasteiger partial charge in [-0.1, -0.05) is 17.7 Å². The Morgan fingerprint density at radius 2 is 1.94 bits per heavy atom. The largest absolute Gasteiger partial charge is 0.381 e. The van der Waals surface area contributed by atoms with Crippen molar-refractivity contribution in [1.29, 1.82) is 0 Å². The Bertz CT molecular complexity index is 368. The van der Waals surface area contributed by atoms with Crippen molar-refractivity contribution in [2.75, 3.05) is 25.6 Å². The summed E-state index contributed by atoms with van der Waals surface area (Å²) in [7, 11) is 3.90. The number of ether oxygens (including phenoxy) is 1. The van der Waals surface area contributed by atoms with E-state index in [-0.39, 0.29) is 5.54 Å². The molecule has 94 valence electrons. The average Bonchev–Trinajstić information content (AvgIpc) is 2.29. The van der Waals surface area contributed by atoms with E-state index in [9.17, 15) is 0 Å². The Labute approximate surface area is 104 Å². The number of rotatable bonds is 4. The first kappa shape index (κ1) is 12.4. The molecule has 3 heteroatoms. The first-order chi connectivity index (χ1) is 8.11. The van der Waals surface area contributed by atoms with Gasteiger partial charge in [0.25, 0.3) is 0 Å². The zero-order valence-electron chi connectivity index (χ0n) is 10.9. The van der Waals surface area contributed by atoms with Crippen LogP contribution in [0.15, 0.2) is 24.3 Å². The molecule has 1 aliphatic carbocycles. The van der Waals surface area contributed by atoms with Gasteiger partial charge in [-0.15, -0.1) is 0 Å². The van der Waals surface area contributed by atoms with Crippen molar-refractivity contribution in [2.24, 2.45) is 5.73 Å². The highest BCUT2D eigenvalue weighted by Crippen LogP contribution is 2.40. The van der Waals surface area contributed by atoms with Crippen LogP contribution in [0.25, 0.3) is 0 Å². The van der Waals surface area contributed by atoms with E-state index >= 15 is 0 Å². The van der Waals surface area contributed by atoms with Gasteiger partial charge in [-0.25, -0.2) is 0 Å². The zero-order chi connectivity index (χ0) is 12.5. The summed E-state index contributed by atoms with van der Waals surface area (Å²) < 4.78 is 5.37. The molecule has 0 unspecified atom stereocenters. The number of hydrogen-bond donors (Lipinski definition) is 1. The predicted molar refractivity (Wildman–Crippen MR) is 71.4 cm³/mol. The summed E-state index contributed by atoms with van der Waals surface area (Å²) in [6, 6.07) is 8.60. The van der Waals surface area contributed by atoms with Crippen LogP contribution in [0, 0.1) is 6.92 Å². The second-order valence-corrected chi connectivity index (χ2v) is 5.09. The van der Waals surface area contributed by atoms with Crippen LogP contribution in [0.1, 0.15) is 18.4 Å². The van der Waals surface area contributed by atoms with Crippen LogP contribution in [0.2, 0.25) is 0 Å². The second kappa shape index (κ2) is 4.67. The summed E-state index contributed by atoms with van der Waals surface area (Å²) in [5.41, 5.74) is 8.55. The van der Waals surface area contributed by atoms with Crippen molar-refractivity contribution in [1.82, 2.24) is 0 Å². The molecule has 1 fully saturated rings. The fourth-order valence-corrected chi connectivity index (χ4v) is 2.57. The molecule has 0 aliphatic heterocycles. The Morgan fingerprint density at radius 3 is 2.41 bits per heavy atom. The summed E-state index contributed by atoms with van der Waals surface area (Å²) in [6.45, 7) is 2.78. The summed E-state index contributed by atoms with van der Waals surface area (Å²) in [4.78, 5) is 2.31. The highest BCUT2D eigenvalue weighted by molar-refractivity contribution is 5.50. The Kier molecular flexibility index (Phi) is 3.40. The summed E-state index contributed by atoms with van der Waals surface area (Å²) in [5.74, 6) is 0. The van der Waals surface area contributed by atoms with Gasteiger partial charge in [0.05, 0.1) is 11.6 Å². The van der Waals surface area contributed by atoms with E-state index in [0.717, 1.165) is 12.8 Å². The maximum absolute atomic E-state index is 5.96. The predicted octanol–water partition coefficient (Wildman–Crippen LogP) is 1.94. The van der Waals surface area contributed by atoms with E-state index in [2.05, 4.69) is 43.1 Å². The van der Waals surface area contributed by atoms with Gasteiger partial charge < -0.3 is 15.4 Å². The van der Waals surface area contributed by atoms with Crippen molar-refractivity contribution in [3.8, 4) is 0 Å². The molecule has 1 aromatic rings. The quantitative estimate of drug-likeness (QED) is 0.865. The molecule has 0 atom stereocenters. The first-order valence-corrected chi connectivity index (χ1v) is 6.15. The monoisotopic (exact) mass is 234 g/mol. The molecule has 1 aliphatic rings. The number of likely N-dealkylation sites (N-methyl/N-ethyl adjacent to an activating group) is 1. The maximum Gasteiger partial charge on any atom is 0.0617 e. The minimum Gasteiger partial charge on any atom is -0.381 e. The third kappa shape index (κ3) is 2.17. The molecule has 2 rings (SSSR count). The smallest absolute Gasteiger partial charge is 0.0617 e. The molecule has 0 amide bonds. The lowest BCUT2D eigenvalue weighted by molar-refractivity contribution is -0.0123. The van der Waals surface area contributed by atoms with Crippen LogP contribution in [-0.2, 0) is 4.74 Å². The minimum atomic E-state index is 0.0793.